The van der Waals surface area contributed by atoms with Crippen LogP contribution in [0.2, 0.25) is 0 Å². The highest BCUT2D eigenvalue weighted by molar-refractivity contribution is 9.10. The molecular formula is C14H22BrNO2S. The van der Waals surface area contributed by atoms with Crippen LogP contribution in [0.5, 0.6) is 0 Å². The van der Waals surface area contributed by atoms with Gasteiger partial charge in [-0.2, -0.15) is 0 Å². The van der Waals surface area contributed by atoms with E-state index in [1.54, 1.807) is 6.92 Å². The van der Waals surface area contributed by atoms with E-state index in [0.29, 0.717) is 6.42 Å². The molecule has 0 saturated heterocycles. The molecule has 19 heavy (non-hydrogen) atoms. The van der Waals surface area contributed by atoms with E-state index in [1.807, 2.05) is 13.1 Å². The molecule has 1 atom stereocenters. The molecule has 0 amide bonds. The summed E-state index contributed by atoms with van der Waals surface area (Å²) in [5, 5.41) is 3.28. The quantitative estimate of drug-likeness (QED) is 0.823. The average Bonchev–Trinajstić information content (AvgIpc) is 2.38. The first-order valence-electron chi connectivity index (χ1n) is 6.53. The van der Waals surface area contributed by atoms with E-state index in [-0.39, 0.29) is 17.5 Å². The van der Waals surface area contributed by atoms with Gasteiger partial charge in [-0.25, -0.2) is 8.42 Å². The Kier molecular flexibility index (Phi) is 6.50. The number of rotatable bonds is 7. The fraction of sp³-hybridized carbons (Fsp3) is 0.571. The van der Waals surface area contributed by atoms with E-state index in [1.165, 1.54) is 11.1 Å². The molecule has 1 aromatic rings. The Morgan fingerprint density at radius 2 is 2.05 bits per heavy atom. The summed E-state index contributed by atoms with van der Waals surface area (Å²) in [6, 6.07) is 6.40. The number of benzene rings is 1. The maximum absolute atomic E-state index is 11.5. The van der Waals surface area contributed by atoms with E-state index in [4.69, 9.17) is 0 Å². The molecule has 0 spiro atoms. The lowest BCUT2D eigenvalue weighted by Gasteiger charge is -2.19. The van der Waals surface area contributed by atoms with Gasteiger partial charge in [-0.05, 0) is 50.1 Å². The van der Waals surface area contributed by atoms with Gasteiger partial charge < -0.3 is 5.32 Å². The van der Waals surface area contributed by atoms with Crippen molar-refractivity contribution < 1.29 is 8.42 Å². The number of halogens is 1. The third-order valence-corrected chi connectivity index (χ3v) is 5.64. The van der Waals surface area contributed by atoms with Crippen molar-refractivity contribution in [2.24, 2.45) is 0 Å². The minimum absolute atomic E-state index is 0.199. The van der Waals surface area contributed by atoms with Gasteiger partial charge in [-0.1, -0.05) is 28.9 Å². The number of nitrogens with one attached hydrogen (secondary N) is 1. The van der Waals surface area contributed by atoms with Crippen LogP contribution in [0.1, 0.15) is 36.9 Å². The molecule has 1 N–H and O–H groups in total. The van der Waals surface area contributed by atoms with Crippen molar-refractivity contribution >= 4 is 25.8 Å². The third kappa shape index (κ3) is 5.24. The van der Waals surface area contributed by atoms with Crippen molar-refractivity contribution in [3.05, 3.63) is 33.8 Å². The van der Waals surface area contributed by atoms with Crippen LogP contribution in [-0.4, -0.2) is 27.0 Å². The lowest BCUT2D eigenvalue weighted by molar-refractivity contribution is 0.533. The van der Waals surface area contributed by atoms with Crippen LogP contribution in [0.3, 0.4) is 0 Å². The molecule has 0 bridgehead atoms. The van der Waals surface area contributed by atoms with Crippen LogP contribution in [0.15, 0.2) is 22.7 Å². The fourth-order valence-corrected chi connectivity index (χ4v) is 3.37. The van der Waals surface area contributed by atoms with Crippen molar-refractivity contribution in [1.82, 2.24) is 5.32 Å². The molecule has 0 aliphatic carbocycles. The molecule has 3 nitrogen and oxygen atoms in total. The summed E-state index contributed by atoms with van der Waals surface area (Å²) < 4.78 is 24.0. The van der Waals surface area contributed by atoms with Gasteiger partial charge in [0.2, 0.25) is 0 Å². The van der Waals surface area contributed by atoms with Crippen molar-refractivity contribution in [3.63, 3.8) is 0 Å². The Morgan fingerprint density at radius 3 is 2.63 bits per heavy atom. The normalized spacial score (nSPS) is 13.5. The first-order valence-corrected chi connectivity index (χ1v) is 9.14. The second kappa shape index (κ2) is 7.41. The molecule has 1 rings (SSSR count). The molecule has 1 aromatic carbocycles. The molecule has 0 heterocycles. The minimum atomic E-state index is -2.86. The van der Waals surface area contributed by atoms with E-state index in [9.17, 15) is 8.42 Å². The highest BCUT2D eigenvalue weighted by Gasteiger charge is 2.14. The molecule has 0 saturated carbocycles. The van der Waals surface area contributed by atoms with Gasteiger partial charge in [0.1, 0.15) is 9.84 Å². The Labute approximate surface area is 124 Å². The summed E-state index contributed by atoms with van der Waals surface area (Å²) in [7, 11) is -0.945. The summed E-state index contributed by atoms with van der Waals surface area (Å²) in [4.78, 5) is 0. The molecule has 108 valence electrons. The largest absolute Gasteiger partial charge is 0.313 e. The maximum atomic E-state index is 11.5. The van der Waals surface area contributed by atoms with Crippen molar-refractivity contribution in [1.29, 1.82) is 0 Å². The van der Waals surface area contributed by atoms with Crippen LogP contribution >= 0.6 is 15.9 Å². The monoisotopic (exact) mass is 347 g/mol. The Morgan fingerprint density at radius 1 is 1.37 bits per heavy atom. The summed E-state index contributed by atoms with van der Waals surface area (Å²) >= 11 is 3.48. The highest BCUT2D eigenvalue weighted by atomic mass is 79.9. The van der Waals surface area contributed by atoms with Gasteiger partial charge >= 0.3 is 0 Å². The van der Waals surface area contributed by atoms with Gasteiger partial charge in [-0.15, -0.1) is 0 Å². The zero-order valence-electron chi connectivity index (χ0n) is 11.7. The van der Waals surface area contributed by atoms with Gasteiger partial charge in [0.15, 0.2) is 0 Å². The van der Waals surface area contributed by atoms with Crippen molar-refractivity contribution in [2.75, 3.05) is 18.6 Å². The summed E-state index contributed by atoms with van der Waals surface area (Å²) in [6.07, 6.45) is 1.51. The highest BCUT2D eigenvalue weighted by Crippen LogP contribution is 2.25. The molecular weight excluding hydrogens is 326 g/mol. The second-order valence-electron chi connectivity index (χ2n) is 4.72. The van der Waals surface area contributed by atoms with Crippen LogP contribution in [0, 0.1) is 6.92 Å². The molecule has 0 fully saturated rings. The predicted octanol–water partition coefficient (Wildman–Crippen LogP) is 3.23. The van der Waals surface area contributed by atoms with Crippen molar-refractivity contribution in [3.8, 4) is 0 Å². The lowest BCUT2D eigenvalue weighted by Crippen LogP contribution is -2.19. The van der Waals surface area contributed by atoms with Crippen LogP contribution in [0.4, 0.5) is 0 Å². The molecule has 0 aliphatic heterocycles. The third-order valence-electron chi connectivity index (χ3n) is 3.35. The Hall–Kier alpha value is -0.390. The molecule has 5 heteroatoms. The standard InChI is InChI=1S/C14H22BrNO2S/c1-4-19(17,18)9-5-6-14(16-3)13-10-12(15)8-7-11(13)2/h7-8,10,14,16H,4-6,9H2,1-3H3. The van der Waals surface area contributed by atoms with Crippen molar-refractivity contribution in [2.45, 2.75) is 32.7 Å². The average molecular weight is 348 g/mol. The van der Waals surface area contributed by atoms with Crippen LogP contribution in [0.25, 0.3) is 0 Å². The van der Waals surface area contributed by atoms with E-state index >= 15 is 0 Å². The molecule has 1 unspecified atom stereocenters. The second-order valence-corrected chi connectivity index (χ2v) is 8.11. The summed E-state index contributed by atoms with van der Waals surface area (Å²) in [5.74, 6) is 0.502. The van der Waals surface area contributed by atoms with E-state index in [2.05, 4.69) is 40.3 Å². The maximum Gasteiger partial charge on any atom is 0.150 e. The number of hydrogen-bond donors (Lipinski definition) is 1. The lowest BCUT2D eigenvalue weighted by atomic mass is 9.98. The Balaban J connectivity index is 2.71. The predicted molar refractivity (Wildman–Crippen MR) is 84.2 cm³/mol. The summed E-state index contributed by atoms with van der Waals surface area (Å²) in [5.41, 5.74) is 2.45. The molecule has 0 aromatic heterocycles. The van der Waals surface area contributed by atoms with E-state index < -0.39 is 9.84 Å². The van der Waals surface area contributed by atoms with Crippen LogP contribution < -0.4 is 5.32 Å². The van der Waals surface area contributed by atoms with Gasteiger partial charge in [0, 0.05) is 16.3 Å². The summed E-state index contributed by atoms with van der Waals surface area (Å²) in [6.45, 7) is 3.78. The topological polar surface area (TPSA) is 46.2 Å². The molecule has 0 radical (unpaired) electrons. The van der Waals surface area contributed by atoms with Crippen LogP contribution in [-0.2, 0) is 9.84 Å². The number of hydrogen-bond acceptors (Lipinski definition) is 3. The van der Waals surface area contributed by atoms with Gasteiger partial charge in [0.05, 0.1) is 5.75 Å². The number of aryl methyl sites for hydroxylation is 1. The number of sulfone groups is 1. The first kappa shape index (κ1) is 16.7. The first-order chi connectivity index (χ1) is 8.89. The zero-order chi connectivity index (χ0) is 14.5. The molecule has 0 aliphatic rings. The van der Waals surface area contributed by atoms with Gasteiger partial charge in [-0.3, -0.25) is 0 Å². The minimum Gasteiger partial charge on any atom is -0.313 e. The Bertz CT molecular complexity index is 514. The fourth-order valence-electron chi connectivity index (χ4n) is 2.09. The smallest absolute Gasteiger partial charge is 0.150 e. The van der Waals surface area contributed by atoms with Gasteiger partial charge in [0.25, 0.3) is 0 Å². The SMILES string of the molecule is CCS(=O)(=O)CCCC(NC)c1cc(Br)ccc1C. The van der Waals surface area contributed by atoms with E-state index in [0.717, 1.165) is 10.9 Å². The zero-order valence-corrected chi connectivity index (χ0v) is 14.1.